The Balaban J connectivity index is 2.32. The van der Waals surface area contributed by atoms with Gasteiger partial charge in [0.1, 0.15) is 0 Å². The van der Waals surface area contributed by atoms with Crippen LogP contribution >= 0.6 is 0 Å². The van der Waals surface area contributed by atoms with Gasteiger partial charge in [-0.25, -0.2) is 0 Å². The van der Waals surface area contributed by atoms with Crippen molar-refractivity contribution in [2.45, 2.75) is 53.9 Å². The SMILES string of the molecule is C/C=C(C)/C=C/c1ccccc1/C=C/C1=C(C)CCCC1(C)C. The molecule has 0 spiro atoms. The summed E-state index contributed by atoms with van der Waals surface area (Å²) in [7, 11) is 0. The van der Waals surface area contributed by atoms with Gasteiger partial charge in [-0.05, 0) is 62.1 Å². The average molecular weight is 306 g/mol. The predicted molar refractivity (Wildman–Crippen MR) is 104 cm³/mol. The Hall–Kier alpha value is -1.82. The minimum Gasteiger partial charge on any atom is -0.0847 e. The molecule has 0 unspecified atom stereocenters. The second-order valence-electron chi connectivity index (χ2n) is 7.26. The monoisotopic (exact) mass is 306 g/mol. The lowest BCUT2D eigenvalue weighted by Crippen LogP contribution is -2.18. The highest BCUT2D eigenvalue weighted by atomic mass is 14.3. The molecule has 0 aromatic heterocycles. The van der Waals surface area contributed by atoms with Crippen LogP contribution in [0.25, 0.3) is 12.2 Å². The summed E-state index contributed by atoms with van der Waals surface area (Å²) in [6, 6.07) is 8.61. The van der Waals surface area contributed by atoms with Crippen LogP contribution in [0.2, 0.25) is 0 Å². The first-order valence-electron chi connectivity index (χ1n) is 8.72. The molecular formula is C23H30. The molecule has 0 fully saturated rings. The van der Waals surface area contributed by atoms with Gasteiger partial charge in [-0.2, -0.15) is 0 Å². The van der Waals surface area contributed by atoms with Crippen molar-refractivity contribution in [3.63, 3.8) is 0 Å². The number of hydrogen-bond acceptors (Lipinski definition) is 0. The Morgan fingerprint density at radius 2 is 1.70 bits per heavy atom. The Labute approximate surface area is 142 Å². The molecule has 1 aliphatic rings. The van der Waals surface area contributed by atoms with Crippen molar-refractivity contribution in [2.75, 3.05) is 0 Å². The van der Waals surface area contributed by atoms with Crippen LogP contribution in [-0.2, 0) is 0 Å². The molecule has 0 nitrogen and oxygen atoms in total. The topological polar surface area (TPSA) is 0 Å². The summed E-state index contributed by atoms with van der Waals surface area (Å²) in [6.07, 6.45) is 15.0. The van der Waals surface area contributed by atoms with Gasteiger partial charge in [-0.3, -0.25) is 0 Å². The second-order valence-corrected chi connectivity index (χ2v) is 7.26. The van der Waals surface area contributed by atoms with Crippen molar-refractivity contribution in [1.29, 1.82) is 0 Å². The average Bonchev–Trinajstić information content (AvgIpc) is 2.52. The highest BCUT2D eigenvalue weighted by Gasteiger charge is 2.26. The van der Waals surface area contributed by atoms with Crippen molar-refractivity contribution in [3.8, 4) is 0 Å². The molecule has 0 N–H and O–H groups in total. The number of hydrogen-bond donors (Lipinski definition) is 0. The van der Waals surface area contributed by atoms with E-state index < -0.39 is 0 Å². The van der Waals surface area contributed by atoms with E-state index in [-0.39, 0.29) is 0 Å². The Morgan fingerprint density at radius 1 is 1.04 bits per heavy atom. The molecule has 0 bridgehead atoms. The van der Waals surface area contributed by atoms with Gasteiger partial charge >= 0.3 is 0 Å². The van der Waals surface area contributed by atoms with E-state index in [1.807, 2.05) is 0 Å². The summed E-state index contributed by atoms with van der Waals surface area (Å²) in [4.78, 5) is 0. The standard InChI is InChI=1S/C23H30/c1-6-18(2)13-14-20-11-7-8-12-21(20)15-16-22-19(3)10-9-17-23(22,4)5/h6-8,11-16H,9-10,17H2,1-5H3/b14-13+,16-15+,18-6+. The lowest BCUT2D eigenvalue weighted by atomic mass is 9.72. The van der Waals surface area contributed by atoms with E-state index in [0.29, 0.717) is 5.41 Å². The van der Waals surface area contributed by atoms with Crippen LogP contribution in [-0.4, -0.2) is 0 Å². The molecule has 0 aliphatic heterocycles. The highest BCUT2D eigenvalue weighted by molar-refractivity contribution is 5.67. The van der Waals surface area contributed by atoms with Gasteiger partial charge in [-0.1, -0.05) is 79.6 Å². The quantitative estimate of drug-likeness (QED) is 0.516. The minimum absolute atomic E-state index is 0.297. The zero-order valence-corrected chi connectivity index (χ0v) is 15.3. The van der Waals surface area contributed by atoms with Gasteiger partial charge in [0.25, 0.3) is 0 Å². The fourth-order valence-corrected chi connectivity index (χ4v) is 3.32. The van der Waals surface area contributed by atoms with E-state index >= 15 is 0 Å². The summed E-state index contributed by atoms with van der Waals surface area (Å²) < 4.78 is 0. The Kier molecular flexibility index (Phi) is 5.82. The fraction of sp³-hybridized carbons (Fsp3) is 0.391. The van der Waals surface area contributed by atoms with Crippen molar-refractivity contribution in [2.24, 2.45) is 5.41 Å². The van der Waals surface area contributed by atoms with Crippen LogP contribution in [0.4, 0.5) is 0 Å². The van der Waals surface area contributed by atoms with Crippen molar-refractivity contribution >= 4 is 12.2 Å². The first kappa shape index (κ1) is 17.5. The molecule has 2 rings (SSSR count). The van der Waals surface area contributed by atoms with Gasteiger partial charge in [0.15, 0.2) is 0 Å². The zero-order valence-electron chi connectivity index (χ0n) is 15.3. The van der Waals surface area contributed by atoms with Gasteiger partial charge in [0.05, 0.1) is 0 Å². The van der Waals surface area contributed by atoms with Crippen molar-refractivity contribution in [1.82, 2.24) is 0 Å². The maximum atomic E-state index is 2.37. The second kappa shape index (κ2) is 7.64. The van der Waals surface area contributed by atoms with E-state index in [1.54, 1.807) is 5.57 Å². The Bertz CT molecular complexity index is 663. The van der Waals surface area contributed by atoms with Gasteiger partial charge in [0.2, 0.25) is 0 Å². The summed E-state index contributed by atoms with van der Waals surface area (Å²) in [6.45, 7) is 11.2. The normalized spacial score (nSPS) is 19.1. The first-order chi connectivity index (χ1) is 10.9. The van der Waals surface area contributed by atoms with Crippen LogP contribution in [0, 0.1) is 5.41 Å². The predicted octanol–water partition coefficient (Wildman–Crippen LogP) is 7.21. The summed E-state index contributed by atoms with van der Waals surface area (Å²) in [5, 5.41) is 0. The van der Waals surface area contributed by atoms with Gasteiger partial charge < -0.3 is 0 Å². The van der Waals surface area contributed by atoms with Crippen LogP contribution in [0.15, 0.2) is 59.2 Å². The molecular weight excluding hydrogens is 276 g/mol. The Morgan fingerprint density at radius 3 is 2.30 bits per heavy atom. The minimum atomic E-state index is 0.297. The van der Waals surface area contributed by atoms with E-state index in [2.05, 4.69) is 89.3 Å². The summed E-state index contributed by atoms with van der Waals surface area (Å²) in [5.74, 6) is 0. The third kappa shape index (κ3) is 4.58. The maximum Gasteiger partial charge on any atom is -0.0104 e. The fourth-order valence-electron chi connectivity index (χ4n) is 3.32. The van der Waals surface area contributed by atoms with E-state index in [1.165, 1.54) is 41.5 Å². The van der Waals surface area contributed by atoms with Crippen LogP contribution in [0.3, 0.4) is 0 Å². The van der Waals surface area contributed by atoms with Crippen LogP contribution in [0.1, 0.15) is 65.0 Å². The summed E-state index contributed by atoms with van der Waals surface area (Å²) >= 11 is 0. The molecule has 0 saturated carbocycles. The molecule has 0 heteroatoms. The lowest BCUT2D eigenvalue weighted by Gasteiger charge is -2.33. The van der Waals surface area contributed by atoms with E-state index in [9.17, 15) is 0 Å². The molecule has 1 aromatic carbocycles. The molecule has 1 aromatic rings. The molecule has 0 saturated heterocycles. The summed E-state index contributed by atoms with van der Waals surface area (Å²) in [5.41, 5.74) is 7.22. The largest absolute Gasteiger partial charge is 0.0847 e. The van der Waals surface area contributed by atoms with Gasteiger partial charge in [-0.15, -0.1) is 0 Å². The van der Waals surface area contributed by atoms with Crippen LogP contribution < -0.4 is 0 Å². The van der Waals surface area contributed by atoms with E-state index in [0.717, 1.165) is 0 Å². The van der Waals surface area contributed by atoms with Crippen LogP contribution in [0.5, 0.6) is 0 Å². The molecule has 1 aliphatic carbocycles. The molecule has 0 heterocycles. The van der Waals surface area contributed by atoms with E-state index in [4.69, 9.17) is 0 Å². The maximum absolute atomic E-state index is 2.37. The van der Waals surface area contributed by atoms with Crippen molar-refractivity contribution in [3.05, 3.63) is 70.3 Å². The zero-order chi connectivity index (χ0) is 16.9. The van der Waals surface area contributed by atoms with Gasteiger partial charge in [0, 0.05) is 0 Å². The molecule has 0 amide bonds. The number of allylic oxidation sites excluding steroid dienone is 6. The molecule has 122 valence electrons. The molecule has 0 atom stereocenters. The third-order valence-corrected chi connectivity index (χ3v) is 4.95. The highest BCUT2D eigenvalue weighted by Crippen LogP contribution is 2.41. The molecule has 0 radical (unpaired) electrons. The third-order valence-electron chi connectivity index (χ3n) is 4.95. The smallest absolute Gasteiger partial charge is 0.0104 e. The van der Waals surface area contributed by atoms with Crippen molar-refractivity contribution < 1.29 is 0 Å². The number of benzene rings is 1. The molecule has 23 heavy (non-hydrogen) atoms. The first-order valence-corrected chi connectivity index (χ1v) is 8.72. The lowest BCUT2D eigenvalue weighted by molar-refractivity contribution is 0.377. The number of rotatable bonds is 4.